The minimum atomic E-state index is -1.11. The number of hydrogen-bond acceptors (Lipinski definition) is 6. The molecule has 0 spiro atoms. The summed E-state index contributed by atoms with van der Waals surface area (Å²) in [5.74, 6) is -0.324. The molecule has 0 aliphatic carbocycles. The molecule has 0 amide bonds. The van der Waals surface area contributed by atoms with Gasteiger partial charge in [-0.1, -0.05) is 0 Å². The van der Waals surface area contributed by atoms with Crippen molar-refractivity contribution in [3.63, 3.8) is 0 Å². The third kappa shape index (κ3) is 3.44. The Bertz CT molecular complexity index is 993. The van der Waals surface area contributed by atoms with Gasteiger partial charge in [-0.05, 0) is 44.2 Å². The molecule has 0 saturated carbocycles. The van der Waals surface area contributed by atoms with E-state index in [9.17, 15) is 19.7 Å². The summed E-state index contributed by atoms with van der Waals surface area (Å²) in [6, 6.07) is 9.73. The van der Waals surface area contributed by atoms with Gasteiger partial charge >= 0.3 is 0 Å². The van der Waals surface area contributed by atoms with Gasteiger partial charge in [0.05, 0.1) is 16.8 Å². The van der Waals surface area contributed by atoms with E-state index in [1.165, 1.54) is 26.1 Å². The van der Waals surface area contributed by atoms with Crippen LogP contribution in [0.15, 0.2) is 48.8 Å². The van der Waals surface area contributed by atoms with Gasteiger partial charge in [-0.3, -0.25) is 24.1 Å². The third-order valence-corrected chi connectivity index (χ3v) is 3.79. The second-order valence-electron chi connectivity index (χ2n) is 5.78. The van der Waals surface area contributed by atoms with Gasteiger partial charge in [0.1, 0.15) is 11.4 Å². The molecule has 26 heavy (non-hydrogen) atoms. The number of ether oxygens (including phenoxy) is 1. The molecule has 0 aliphatic rings. The second kappa shape index (κ2) is 6.75. The zero-order valence-corrected chi connectivity index (χ0v) is 14.1. The minimum Gasteiger partial charge on any atom is -0.475 e. The molecule has 0 unspecified atom stereocenters. The Hall–Kier alpha value is -3.55. The maximum Gasteiger partial charge on any atom is 0.286 e. The predicted molar refractivity (Wildman–Crippen MR) is 93.1 cm³/mol. The van der Waals surface area contributed by atoms with Crippen LogP contribution in [0.25, 0.3) is 16.9 Å². The Morgan fingerprint density at radius 1 is 1.08 bits per heavy atom. The lowest BCUT2D eigenvalue weighted by atomic mass is 10.1. The van der Waals surface area contributed by atoms with Gasteiger partial charge in [0, 0.05) is 17.8 Å². The highest BCUT2D eigenvalue weighted by atomic mass is 16.6. The number of imidazole rings is 1. The minimum absolute atomic E-state index is 0.0234. The van der Waals surface area contributed by atoms with E-state index in [1.54, 1.807) is 40.9 Å². The number of hydrogen-bond donors (Lipinski definition) is 0. The molecule has 0 radical (unpaired) electrons. The van der Waals surface area contributed by atoms with Crippen LogP contribution in [0.2, 0.25) is 0 Å². The molecule has 1 aromatic carbocycles. The van der Waals surface area contributed by atoms with Gasteiger partial charge in [-0.2, -0.15) is 0 Å². The maximum atomic E-state index is 11.4. The van der Waals surface area contributed by atoms with Gasteiger partial charge in [-0.25, -0.2) is 4.98 Å². The zero-order chi connectivity index (χ0) is 18.8. The molecule has 0 fully saturated rings. The molecule has 0 atom stereocenters. The average molecular weight is 353 g/mol. The molecule has 132 valence electrons. The number of nitro groups is 1. The van der Waals surface area contributed by atoms with E-state index < -0.39 is 11.0 Å². The first-order valence-corrected chi connectivity index (χ1v) is 7.76. The fourth-order valence-corrected chi connectivity index (χ4v) is 2.52. The topological polar surface area (TPSA) is 104 Å². The van der Waals surface area contributed by atoms with Gasteiger partial charge in [0.15, 0.2) is 11.6 Å². The second-order valence-corrected chi connectivity index (χ2v) is 5.78. The first-order valence-electron chi connectivity index (χ1n) is 7.76. The van der Waals surface area contributed by atoms with Crippen LogP contribution in [0.4, 0.5) is 5.69 Å². The Morgan fingerprint density at radius 2 is 1.73 bits per heavy atom. The van der Waals surface area contributed by atoms with E-state index in [0.29, 0.717) is 17.1 Å². The molecule has 0 bridgehead atoms. The van der Waals surface area contributed by atoms with E-state index in [4.69, 9.17) is 4.74 Å². The Morgan fingerprint density at radius 3 is 2.31 bits per heavy atom. The Kier molecular flexibility index (Phi) is 4.49. The summed E-state index contributed by atoms with van der Waals surface area (Å²) in [7, 11) is 0. The van der Waals surface area contributed by atoms with Crippen molar-refractivity contribution in [2.75, 3.05) is 0 Å². The Labute approximate surface area is 148 Å². The molecule has 2 heterocycles. The van der Waals surface area contributed by atoms with Crippen molar-refractivity contribution in [1.82, 2.24) is 9.38 Å². The van der Waals surface area contributed by atoms with Crippen molar-refractivity contribution in [3.8, 4) is 17.0 Å². The lowest BCUT2D eigenvalue weighted by Crippen LogP contribution is -2.32. The Balaban J connectivity index is 1.86. The van der Waals surface area contributed by atoms with Crippen LogP contribution in [0.1, 0.15) is 13.8 Å². The molecular weight excluding hydrogens is 338 g/mol. The fraction of sp³-hybridized carbons (Fsp3) is 0.167. The van der Waals surface area contributed by atoms with Crippen molar-refractivity contribution in [3.05, 3.63) is 58.9 Å². The van der Waals surface area contributed by atoms with E-state index in [-0.39, 0.29) is 17.3 Å². The van der Waals surface area contributed by atoms with Gasteiger partial charge in [0.2, 0.25) is 6.10 Å². The zero-order valence-electron chi connectivity index (χ0n) is 14.1. The smallest absolute Gasteiger partial charge is 0.286 e. The molecular formula is C18H15N3O5. The van der Waals surface area contributed by atoms with Crippen molar-refractivity contribution < 1.29 is 19.2 Å². The van der Waals surface area contributed by atoms with E-state index in [1.807, 2.05) is 0 Å². The SMILES string of the molecule is CC(=O)C(Oc1ccc(-c2cn3cc([N+](=O)[O-])ccc3n2)cc1)C(C)=O. The highest BCUT2D eigenvalue weighted by Gasteiger charge is 2.21. The number of benzene rings is 1. The normalized spacial score (nSPS) is 10.9. The third-order valence-electron chi connectivity index (χ3n) is 3.79. The summed E-state index contributed by atoms with van der Waals surface area (Å²) < 4.78 is 7.01. The maximum absolute atomic E-state index is 11.4. The number of pyridine rings is 1. The number of aromatic nitrogens is 2. The quantitative estimate of drug-likeness (QED) is 0.383. The van der Waals surface area contributed by atoms with E-state index >= 15 is 0 Å². The number of Topliss-reactive ketones (excluding diaryl/α,β-unsaturated/α-hetero) is 2. The van der Waals surface area contributed by atoms with Crippen LogP contribution >= 0.6 is 0 Å². The highest BCUT2D eigenvalue weighted by Crippen LogP contribution is 2.24. The van der Waals surface area contributed by atoms with Crippen LogP contribution in [0.3, 0.4) is 0 Å². The van der Waals surface area contributed by atoms with Crippen molar-refractivity contribution in [2.45, 2.75) is 20.0 Å². The molecule has 3 aromatic rings. The number of ketones is 2. The van der Waals surface area contributed by atoms with E-state index in [0.717, 1.165) is 5.56 Å². The fourth-order valence-electron chi connectivity index (χ4n) is 2.52. The van der Waals surface area contributed by atoms with Crippen LogP contribution in [-0.4, -0.2) is 32.0 Å². The van der Waals surface area contributed by atoms with Crippen LogP contribution < -0.4 is 4.74 Å². The molecule has 3 rings (SSSR count). The number of fused-ring (bicyclic) bond motifs is 1. The monoisotopic (exact) mass is 353 g/mol. The first kappa shape index (κ1) is 17.3. The van der Waals surface area contributed by atoms with Gasteiger partial charge in [-0.15, -0.1) is 0 Å². The standard InChI is InChI=1S/C18H15N3O5/c1-11(22)18(12(2)23)26-15-6-3-13(4-7-15)16-10-20-9-14(21(24)25)5-8-17(20)19-16/h3-10,18H,1-2H3. The molecule has 8 heteroatoms. The summed E-state index contributed by atoms with van der Waals surface area (Å²) in [5.41, 5.74) is 1.96. The number of rotatable bonds is 6. The summed E-state index contributed by atoms with van der Waals surface area (Å²) in [6.07, 6.45) is 1.97. The van der Waals surface area contributed by atoms with Crippen LogP contribution in [0.5, 0.6) is 5.75 Å². The van der Waals surface area contributed by atoms with Gasteiger partial charge in [0.25, 0.3) is 5.69 Å². The summed E-state index contributed by atoms with van der Waals surface area (Å²) >= 11 is 0. The largest absolute Gasteiger partial charge is 0.475 e. The molecule has 0 aliphatic heterocycles. The molecule has 2 aromatic heterocycles. The molecule has 8 nitrogen and oxygen atoms in total. The van der Waals surface area contributed by atoms with Crippen molar-refractivity contribution >= 4 is 22.9 Å². The summed E-state index contributed by atoms with van der Waals surface area (Å²) in [5, 5.41) is 10.9. The summed E-state index contributed by atoms with van der Waals surface area (Å²) in [6.45, 7) is 2.60. The van der Waals surface area contributed by atoms with Crippen LogP contribution in [0, 0.1) is 10.1 Å². The molecule has 0 saturated heterocycles. The van der Waals surface area contributed by atoms with Crippen molar-refractivity contribution in [2.24, 2.45) is 0 Å². The lowest BCUT2D eigenvalue weighted by molar-refractivity contribution is -0.385. The van der Waals surface area contributed by atoms with Gasteiger partial charge < -0.3 is 4.74 Å². The average Bonchev–Trinajstić information content (AvgIpc) is 3.02. The van der Waals surface area contributed by atoms with Crippen LogP contribution in [-0.2, 0) is 9.59 Å². The predicted octanol–water partition coefficient (Wildman–Crippen LogP) is 2.83. The lowest BCUT2D eigenvalue weighted by Gasteiger charge is -2.13. The summed E-state index contributed by atoms with van der Waals surface area (Å²) in [4.78, 5) is 37.7. The molecule has 0 N–H and O–H groups in total. The number of nitrogens with zero attached hydrogens (tertiary/aromatic N) is 3. The first-order chi connectivity index (χ1) is 12.3. The number of carbonyl (C=O) groups is 2. The highest BCUT2D eigenvalue weighted by molar-refractivity contribution is 6.03. The number of carbonyl (C=O) groups excluding carboxylic acids is 2. The van der Waals surface area contributed by atoms with Crippen molar-refractivity contribution in [1.29, 1.82) is 0 Å². The van der Waals surface area contributed by atoms with E-state index in [2.05, 4.69) is 4.98 Å².